The minimum absolute atomic E-state index is 0. The van der Waals surface area contributed by atoms with Gasteiger partial charge in [-0.05, 0) is 6.07 Å². The molecule has 2 aromatic heterocycles. The van der Waals surface area contributed by atoms with Crippen molar-refractivity contribution in [1.29, 1.82) is 0 Å². The summed E-state index contributed by atoms with van der Waals surface area (Å²) in [6, 6.07) is 1.49. The third kappa shape index (κ3) is 2.03. The Hall–Kier alpha value is -1.55. The summed E-state index contributed by atoms with van der Waals surface area (Å²) in [5.41, 5.74) is 1.22. The van der Waals surface area contributed by atoms with Crippen molar-refractivity contribution < 1.29 is 9.22 Å². The summed E-state index contributed by atoms with van der Waals surface area (Å²) in [6.45, 7) is -2.29. The number of nitrogens with zero attached hydrogens (tertiary/aromatic N) is 3. The lowest BCUT2D eigenvalue weighted by Gasteiger charge is -1.95. The molecule has 0 spiro atoms. The van der Waals surface area contributed by atoms with Gasteiger partial charge < -0.3 is 5.11 Å². The molecule has 2 heterocycles. The second-order valence-corrected chi connectivity index (χ2v) is 2.61. The number of aromatic nitrogens is 3. The van der Waals surface area contributed by atoms with Crippen LogP contribution in [0.2, 0.25) is 0 Å². The fourth-order valence-corrected chi connectivity index (χ4v) is 1.06. The van der Waals surface area contributed by atoms with E-state index in [1.807, 2.05) is 0 Å². The molecule has 2 aromatic rings. The first-order chi connectivity index (χ1) is 7.47. The summed E-state index contributed by atoms with van der Waals surface area (Å²) in [7, 11) is 0. The van der Waals surface area contributed by atoms with Gasteiger partial charge in [-0.25, -0.2) is 0 Å². The first-order valence-corrected chi connectivity index (χ1v) is 3.66. The largest absolute Gasteiger partial charge is 0.506 e. The Morgan fingerprint density at radius 3 is 2.86 bits per heavy atom. The Labute approximate surface area is 91.8 Å². The fourth-order valence-electron chi connectivity index (χ4n) is 1.06. The third-order valence-electron chi connectivity index (χ3n) is 1.64. The number of pyridine rings is 1. The number of hydrogen-bond donors (Lipinski definition) is 1. The van der Waals surface area contributed by atoms with E-state index in [1.54, 1.807) is 0 Å². The normalized spacial score (nSPS) is 13.6. The zero-order chi connectivity index (χ0) is 11.8. The molecule has 74 valence electrons. The van der Waals surface area contributed by atoms with Crippen LogP contribution in [-0.4, -0.2) is 19.9 Å². The van der Waals surface area contributed by atoms with Crippen molar-refractivity contribution in [2.45, 2.75) is 0 Å². The number of hydrogen-bond acceptors (Lipinski definition) is 3. The van der Waals surface area contributed by atoms with Gasteiger partial charge in [0.25, 0.3) is 0 Å². The molecule has 0 fully saturated rings. The molecule has 2 rings (SSSR count). The van der Waals surface area contributed by atoms with Crippen LogP contribution < -0.4 is 0 Å². The van der Waals surface area contributed by atoms with Crippen molar-refractivity contribution in [3.63, 3.8) is 0 Å². The quantitative estimate of drug-likeness (QED) is 0.785. The molecule has 0 bridgehead atoms. The highest BCUT2D eigenvalue weighted by atomic mass is 35.5. The highest BCUT2D eigenvalue weighted by Crippen LogP contribution is 2.20. The Morgan fingerprint density at radius 1 is 1.36 bits per heavy atom. The van der Waals surface area contributed by atoms with Crippen LogP contribution in [0.1, 0.15) is 4.11 Å². The lowest BCUT2D eigenvalue weighted by atomic mass is 10.2. The van der Waals surface area contributed by atoms with Gasteiger partial charge in [0, 0.05) is 34.6 Å². The number of aryl methyl sites for hydroxylation is 1. The van der Waals surface area contributed by atoms with E-state index in [9.17, 15) is 5.11 Å². The molecule has 1 N–H and O–H groups in total. The Morgan fingerprint density at radius 2 is 2.21 bits per heavy atom. The molecular formula is C9H10ClN3O. The summed E-state index contributed by atoms with van der Waals surface area (Å²) in [5, 5.41) is 13.0. The molecule has 0 amide bonds. The molecule has 0 atom stereocenters. The van der Waals surface area contributed by atoms with Crippen LogP contribution >= 0.6 is 12.4 Å². The van der Waals surface area contributed by atoms with E-state index in [4.69, 9.17) is 4.11 Å². The van der Waals surface area contributed by atoms with E-state index in [-0.39, 0.29) is 18.2 Å². The highest BCUT2D eigenvalue weighted by molar-refractivity contribution is 5.85. The van der Waals surface area contributed by atoms with Crippen LogP contribution in [0.25, 0.3) is 11.1 Å². The predicted molar refractivity (Wildman–Crippen MR) is 55.4 cm³/mol. The fraction of sp³-hybridized carbons (Fsp3) is 0.111. The van der Waals surface area contributed by atoms with E-state index in [2.05, 4.69) is 10.1 Å². The van der Waals surface area contributed by atoms with Crippen molar-refractivity contribution in [2.24, 2.45) is 6.98 Å². The molecule has 0 radical (unpaired) electrons. The van der Waals surface area contributed by atoms with E-state index in [1.165, 1.54) is 30.9 Å². The first kappa shape index (κ1) is 6.84. The van der Waals surface area contributed by atoms with Gasteiger partial charge in [0.2, 0.25) is 0 Å². The van der Waals surface area contributed by atoms with Crippen LogP contribution in [0.4, 0.5) is 0 Å². The summed E-state index contributed by atoms with van der Waals surface area (Å²) in [6.07, 6.45) is 5.64. The van der Waals surface area contributed by atoms with Gasteiger partial charge in [0.15, 0.2) is 0 Å². The Bertz CT molecular complexity index is 512. The average Bonchev–Trinajstić information content (AvgIpc) is 2.65. The van der Waals surface area contributed by atoms with Crippen molar-refractivity contribution in [3.05, 3.63) is 30.9 Å². The van der Waals surface area contributed by atoms with Crippen molar-refractivity contribution in [1.82, 2.24) is 14.8 Å². The number of aromatic hydroxyl groups is 1. The number of rotatable bonds is 1. The van der Waals surface area contributed by atoms with Crippen LogP contribution in [0.3, 0.4) is 0 Å². The van der Waals surface area contributed by atoms with Gasteiger partial charge in [-0.3, -0.25) is 9.67 Å². The zero-order valence-corrected chi connectivity index (χ0v) is 7.90. The molecule has 0 unspecified atom stereocenters. The number of halogens is 1. The van der Waals surface area contributed by atoms with Gasteiger partial charge in [0.1, 0.15) is 5.75 Å². The van der Waals surface area contributed by atoms with E-state index in [0.717, 1.165) is 4.68 Å². The molecule has 0 aliphatic rings. The topological polar surface area (TPSA) is 50.9 Å². The van der Waals surface area contributed by atoms with Crippen molar-refractivity contribution in [2.75, 3.05) is 0 Å². The summed E-state index contributed by atoms with van der Waals surface area (Å²) >= 11 is 0. The highest BCUT2D eigenvalue weighted by Gasteiger charge is 2.00. The van der Waals surface area contributed by atoms with Gasteiger partial charge in [-0.1, -0.05) is 0 Å². The lowest BCUT2D eigenvalue weighted by molar-refractivity contribution is 0.473. The van der Waals surface area contributed by atoms with E-state index in [0.29, 0.717) is 11.1 Å². The maximum atomic E-state index is 9.24. The molecule has 4 nitrogen and oxygen atoms in total. The van der Waals surface area contributed by atoms with Gasteiger partial charge in [0.05, 0.1) is 12.4 Å². The first-order valence-electron chi connectivity index (χ1n) is 5.16. The molecule has 14 heavy (non-hydrogen) atoms. The van der Waals surface area contributed by atoms with Crippen LogP contribution in [0.5, 0.6) is 5.75 Å². The van der Waals surface area contributed by atoms with Crippen molar-refractivity contribution >= 4 is 12.4 Å². The Balaban J connectivity index is 0.00000144. The molecular weight excluding hydrogens is 202 g/mol. The van der Waals surface area contributed by atoms with E-state index >= 15 is 0 Å². The molecule has 0 saturated carbocycles. The maximum absolute atomic E-state index is 9.24. The van der Waals surface area contributed by atoms with Crippen molar-refractivity contribution in [3.8, 4) is 16.9 Å². The zero-order valence-electron chi connectivity index (χ0n) is 10.1. The molecule has 5 heteroatoms. The minimum Gasteiger partial charge on any atom is -0.506 e. The van der Waals surface area contributed by atoms with Gasteiger partial charge in [-0.15, -0.1) is 12.4 Å². The molecule has 0 aliphatic heterocycles. The lowest BCUT2D eigenvalue weighted by Crippen LogP contribution is -1.84. The van der Waals surface area contributed by atoms with Gasteiger partial charge >= 0.3 is 0 Å². The minimum atomic E-state index is -2.29. The molecule has 0 aliphatic carbocycles. The second-order valence-electron chi connectivity index (χ2n) is 2.61. The average molecular weight is 215 g/mol. The SMILES string of the molecule is Cl.[2H]C([2H])([2H])n1cc(-c2cncc(O)c2)cn1. The predicted octanol–water partition coefficient (Wildman–Crippen LogP) is 1.61. The standard InChI is InChI=1S/C9H9N3O.ClH/c1-12-6-8(4-11-12)7-2-9(13)5-10-3-7;/h2-6,13H,1H3;1H/i1D3;. The third-order valence-corrected chi connectivity index (χ3v) is 1.64. The second kappa shape index (κ2) is 4.11. The Kier molecular flexibility index (Phi) is 2.01. The summed E-state index contributed by atoms with van der Waals surface area (Å²) in [5.74, 6) is 0.0270. The maximum Gasteiger partial charge on any atom is 0.134 e. The van der Waals surface area contributed by atoms with Crippen LogP contribution in [-0.2, 0) is 6.98 Å². The summed E-state index contributed by atoms with van der Waals surface area (Å²) in [4.78, 5) is 3.80. The van der Waals surface area contributed by atoms with E-state index < -0.39 is 6.98 Å². The van der Waals surface area contributed by atoms with Crippen LogP contribution in [0.15, 0.2) is 30.9 Å². The smallest absolute Gasteiger partial charge is 0.134 e. The molecule has 0 saturated heterocycles. The molecule has 0 aromatic carbocycles. The van der Waals surface area contributed by atoms with Gasteiger partial charge in [-0.2, -0.15) is 5.10 Å². The summed E-state index contributed by atoms with van der Waals surface area (Å²) < 4.78 is 22.4. The van der Waals surface area contributed by atoms with Crippen LogP contribution in [0, 0.1) is 0 Å². The monoisotopic (exact) mass is 214 g/mol.